The van der Waals surface area contributed by atoms with Gasteiger partial charge in [-0.15, -0.1) is 0 Å². The lowest BCUT2D eigenvalue weighted by Gasteiger charge is -2.15. The van der Waals surface area contributed by atoms with Gasteiger partial charge < -0.3 is 4.74 Å². The number of methoxy groups -OCH3 is 1. The summed E-state index contributed by atoms with van der Waals surface area (Å²) < 4.78 is 5.36. The van der Waals surface area contributed by atoms with E-state index in [1.807, 2.05) is 0 Å². The van der Waals surface area contributed by atoms with Crippen LogP contribution >= 0.6 is 0 Å². The quantitative estimate of drug-likeness (QED) is 0.354. The molecule has 0 heterocycles. The lowest BCUT2D eigenvalue weighted by molar-refractivity contribution is 0.0662. The molecule has 18 heavy (non-hydrogen) atoms. The molecule has 2 heteroatoms. The second kappa shape index (κ2) is 15.0. The van der Waals surface area contributed by atoms with Gasteiger partial charge in [-0.3, -0.25) is 5.32 Å². The molecule has 0 saturated carbocycles. The zero-order chi connectivity index (χ0) is 13.5. The molecule has 0 bridgehead atoms. The van der Waals surface area contributed by atoms with Crippen LogP contribution in [0.3, 0.4) is 0 Å². The van der Waals surface area contributed by atoms with E-state index in [0.717, 1.165) is 13.0 Å². The minimum Gasteiger partial charge on any atom is -0.367 e. The molecule has 1 atom stereocenters. The van der Waals surface area contributed by atoms with E-state index < -0.39 is 0 Å². The minimum atomic E-state index is 0.268. The monoisotopic (exact) mass is 257 g/mol. The van der Waals surface area contributed by atoms with Crippen molar-refractivity contribution in [2.75, 3.05) is 13.7 Å². The molecular weight excluding hydrogens is 222 g/mol. The maximum absolute atomic E-state index is 5.36. The zero-order valence-corrected chi connectivity index (χ0v) is 13.0. The van der Waals surface area contributed by atoms with Crippen LogP contribution in [0.15, 0.2) is 0 Å². The van der Waals surface area contributed by atoms with Crippen LogP contribution in [0, 0.1) is 0 Å². The maximum atomic E-state index is 5.36. The van der Waals surface area contributed by atoms with Crippen molar-refractivity contribution in [1.82, 2.24) is 5.32 Å². The third kappa shape index (κ3) is 12.4. The third-order valence-corrected chi connectivity index (χ3v) is 3.54. The van der Waals surface area contributed by atoms with Gasteiger partial charge in [-0.05, 0) is 19.4 Å². The highest BCUT2D eigenvalue weighted by atomic mass is 16.5. The van der Waals surface area contributed by atoms with E-state index in [-0.39, 0.29) is 6.23 Å². The SMILES string of the molecule is CCCCCCCCCCCC[C@H](NCC)OC. The predicted octanol–water partition coefficient (Wildman–Crippen LogP) is 4.88. The Kier molecular flexibility index (Phi) is 14.9. The summed E-state index contributed by atoms with van der Waals surface area (Å²) in [7, 11) is 1.80. The van der Waals surface area contributed by atoms with Gasteiger partial charge in [-0.2, -0.15) is 0 Å². The molecule has 2 nitrogen and oxygen atoms in total. The van der Waals surface area contributed by atoms with Gasteiger partial charge >= 0.3 is 0 Å². The van der Waals surface area contributed by atoms with E-state index in [9.17, 15) is 0 Å². The Balaban J connectivity index is 3.10. The fourth-order valence-corrected chi connectivity index (χ4v) is 2.35. The van der Waals surface area contributed by atoms with Gasteiger partial charge in [0.05, 0.1) is 0 Å². The summed E-state index contributed by atoms with van der Waals surface area (Å²) >= 11 is 0. The van der Waals surface area contributed by atoms with E-state index in [1.54, 1.807) is 7.11 Å². The number of hydrogen-bond donors (Lipinski definition) is 1. The summed E-state index contributed by atoms with van der Waals surface area (Å²) in [5.74, 6) is 0. The molecule has 1 N–H and O–H groups in total. The minimum absolute atomic E-state index is 0.268. The summed E-state index contributed by atoms with van der Waals surface area (Å²) in [6.45, 7) is 5.40. The Bertz CT molecular complexity index is 150. The molecule has 0 saturated heterocycles. The first-order valence-electron chi connectivity index (χ1n) is 8.11. The fourth-order valence-electron chi connectivity index (χ4n) is 2.35. The van der Waals surface area contributed by atoms with Crippen LogP contribution in [0.4, 0.5) is 0 Å². The van der Waals surface area contributed by atoms with E-state index in [0.29, 0.717) is 0 Å². The average Bonchev–Trinajstić information content (AvgIpc) is 2.39. The van der Waals surface area contributed by atoms with Gasteiger partial charge in [0.25, 0.3) is 0 Å². The molecule has 0 radical (unpaired) electrons. The first-order chi connectivity index (χ1) is 8.85. The molecular formula is C16H35NO. The summed E-state index contributed by atoms with van der Waals surface area (Å²) in [5, 5.41) is 3.34. The van der Waals surface area contributed by atoms with Gasteiger partial charge in [0.2, 0.25) is 0 Å². The summed E-state index contributed by atoms with van der Waals surface area (Å²) in [4.78, 5) is 0. The number of rotatable bonds is 14. The summed E-state index contributed by atoms with van der Waals surface area (Å²) in [5.41, 5.74) is 0. The normalized spacial score (nSPS) is 12.8. The largest absolute Gasteiger partial charge is 0.367 e. The van der Waals surface area contributed by atoms with Gasteiger partial charge in [-0.1, -0.05) is 71.6 Å². The van der Waals surface area contributed by atoms with Crippen molar-refractivity contribution in [3.8, 4) is 0 Å². The van der Waals surface area contributed by atoms with Gasteiger partial charge in [0.1, 0.15) is 6.23 Å². The maximum Gasteiger partial charge on any atom is 0.107 e. The van der Waals surface area contributed by atoms with Crippen molar-refractivity contribution >= 4 is 0 Å². The fraction of sp³-hybridized carbons (Fsp3) is 1.00. The number of hydrogen-bond acceptors (Lipinski definition) is 2. The molecule has 0 aromatic rings. The Hall–Kier alpha value is -0.0800. The van der Waals surface area contributed by atoms with Crippen molar-refractivity contribution < 1.29 is 4.74 Å². The predicted molar refractivity (Wildman–Crippen MR) is 80.9 cm³/mol. The van der Waals surface area contributed by atoms with Crippen LogP contribution in [0.5, 0.6) is 0 Å². The Morgan fingerprint density at radius 2 is 1.28 bits per heavy atom. The summed E-state index contributed by atoms with van der Waals surface area (Å²) in [6.07, 6.45) is 15.4. The molecule has 0 fully saturated rings. The van der Waals surface area contributed by atoms with Crippen molar-refractivity contribution in [2.24, 2.45) is 0 Å². The zero-order valence-electron chi connectivity index (χ0n) is 13.0. The van der Waals surface area contributed by atoms with Gasteiger partial charge in [0, 0.05) is 7.11 Å². The standard InChI is InChI=1S/C16H35NO/c1-4-6-7-8-9-10-11-12-13-14-15-16(18-3)17-5-2/h16-17H,4-15H2,1-3H3/t16-/m1/s1. The number of unbranched alkanes of at least 4 members (excludes halogenated alkanes) is 9. The Labute approximate surface area is 115 Å². The van der Waals surface area contributed by atoms with E-state index in [2.05, 4.69) is 19.2 Å². The Morgan fingerprint density at radius 3 is 1.72 bits per heavy atom. The molecule has 0 rings (SSSR count). The molecule has 0 aromatic carbocycles. The first-order valence-corrected chi connectivity index (χ1v) is 8.11. The highest BCUT2D eigenvalue weighted by Gasteiger charge is 2.03. The lowest BCUT2D eigenvalue weighted by atomic mass is 10.1. The molecule has 0 aromatic heterocycles. The molecule has 0 aliphatic heterocycles. The van der Waals surface area contributed by atoms with Crippen LogP contribution < -0.4 is 5.32 Å². The van der Waals surface area contributed by atoms with E-state index in [1.165, 1.54) is 64.2 Å². The van der Waals surface area contributed by atoms with Crippen molar-refractivity contribution in [3.05, 3.63) is 0 Å². The van der Waals surface area contributed by atoms with Crippen LogP contribution in [-0.4, -0.2) is 19.9 Å². The molecule has 0 unspecified atom stereocenters. The van der Waals surface area contributed by atoms with Gasteiger partial charge in [0.15, 0.2) is 0 Å². The summed E-state index contributed by atoms with van der Waals surface area (Å²) in [6, 6.07) is 0. The van der Waals surface area contributed by atoms with Crippen molar-refractivity contribution in [1.29, 1.82) is 0 Å². The highest BCUT2D eigenvalue weighted by Crippen LogP contribution is 2.12. The smallest absolute Gasteiger partial charge is 0.107 e. The van der Waals surface area contributed by atoms with Crippen molar-refractivity contribution in [3.63, 3.8) is 0 Å². The van der Waals surface area contributed by atoms with Crippen LogP contribution in [0.2, 0.25) is 0 Å². The highest BCUT2D eigenvalue weighted by molar-refractivity contribution is 4.55. The van der Waals surface area contributed by atoms with Crippen molar-refractivity contribution in [2.45, 2.75) is 90.7 Å². The lowest BCUT2D eigenvalue weighted by Crippen LogP contribution is -2.30. The third-order valence-electron chi connectivity index (χ3n) is 3.54. The van der Waals surface area contributed by atoms with Crippen LogP contribution in [0.25, 0.3) is 0 Å². The molecule has 110 valence electrons. The molecule has 0 spiro atoms. The average molecular weight is 257 g/mol. The molecule has 0 aliphatic rings. The second-order valence-electron chi connectivity index (χ2n) is 5.25. The van der Waals surface area contributed by atoms with Gasteiger partial charge in [-0.25, -0.2) is 0 Å². The van der Waals surface area contributed by atoms with Crippen LogP contribution in [0.1, 0.15) is 84.5 Å². The Morgan fingerprint density at radius 1 is 0.778 bits per heavy atom. The van der Waals surface area contributed by atoms with E-state index >= 15 is 0 Å². The molecule has 0 aliphatic carbocycles. The van der Waals surface area contributed by atoms with Crippen LogP contribution in [-0.2, 0) is 4.74 Å². The molecule has 0 amide bonds. The topological polar surface area (TPSA) is 21.3 Å². The number of ether oxygens (including phenoxy) is 1. The first kappa shape index (κ1) is 17.9. The number of nitrogens with one attached hydrogen (secondary N) is 1. The second-order valence-corrected chi connectivity index (χ2v) is 5.25. The van der Waals surface area contributed by atoms with E-state index in [4.69, 9.17) is 4.74 Å².